The molecule has 1 rings (SSSR count). The van der Waals surface area contributed by atoms with Gasteiger partial charge in [-0.15, -0.1) is 0 Å². The number of nitrogens with zero attached hydrogens (tertiary/aromatic N) is 1. The molecular formula is C17H19NO4. The van der Waals surface area contributed by atoms with Crippen LogP contribution < -0.4 is 0 Å². The number of allylic oxidation sites excluding steroid dienone is 1. The van der Waals surface area contributed by atoms with Gasteiger partial charge in [-0.25, -0.2) is 9.59 Å². The number of carboxylic acid groups (broad SMARTS) is 2. The van der Waals surface area contributed by atoms with Gasteiger partial charge in [0, 0.05) is 18.2 Å². The molecule has 0 saturated heterocycles. The normalized spacial score (nSPS) is 6.68. The monoisotopic (exact) mass is 301 g/mol. The van der Waals surface area contributed by atoms with E-state index >= 15 is 0 Å². The van der Waals surface area contributed by atoms with E-state index in [0.717, 1.165) is 12.2 Å². The van der Waals surface area contributed by atoms with Gasteiger partial charge < -0.3 is 10.2 Å². The molecule has 0 aliphatic carbocycles. The highest BCUT2D eigenvalue weighted by molar-refractivity contribution is 5.79. The zero-order valence-electron chi connectivity index (χ0n) is 12.2. The van der Waals surface area contributed by atoms with E-state index in [-0.39, 0.29) is 0 Å². The standard InChI is InChI=1S/C8H8.C3H3N.2C3H4O2/c1-2-8-6-4-3-5-7-8;1-2-3-4;2*1-2-3(4)5/h2-7H,1H2;2H,1H2;2*2H,1H2,(H,4,5). The van der Waals surface area contributed by atoms with E-state index in [4.69, 9.17) is 15.5 Å². The van der Waals surface area contributed by atoms with Gasteiger partial charge >= 0.3 is 11.9 Å². The van der Waals surface area contributed by atoms with Gasteiger partial charge in [-0.2, -0.15) is 5.26 Å². The topological polar surface area (TPSA) is 98.4 Å². The number of benzene rings is 1. The van der Waals surface area contributed by atoms with Crippen LogP contribution in [-0.4, -0.2) is 22.2 Å². The third-order valence-electron chi connectivity index (χ3n) is 1.48. The molecule has 0 aliphatic rings. The smallest absolute Gasteiger partial charge is 0.327 e. The zero-order valence-corrected chi connectivity index (χ0v) is 12.2. The first-order valence-electron chi connectivity index (χ1n) is 5.78. The predicted molar refractivity (Wildman–Crippen MR) is 88.0 cm³/mol. The Kier molecular flexibility index (Phi) is 21.5. The lowest BCUT2D eigenvalue weighted by molar-refractivity contribution is -0.132. The quantitative estimate of drug-likeness (QED) is 0.657. The van der Waals surface area contributed by atoms with Gasteiger partial charge in [-0.3, -0.25) is 0 Å². The lowest BCUT2D eigenvalue weighted by Crippen LogP contribution is -1.82. The summed E-state index contributed by atoms with van der Waals surface area (Å²) in [5.41, 5.74) is 1.17. The van der Waals surface area contributed by atoms with Crippen molar-refractivity contribution < 1.29 is 19.8 Å². The van der Waals surface area contributed by atoms with Crippen LogP contribution in [0.5, 0.6) is 0 Å². The predicted octanol–water partition coefficient (Wildman–Crippen LogP) is 3.54. The Morgan fingerprint density at radius 3 is 1.41 bits per heavy atom. The maximum Gasteiger partial charge on any atom is 0.327 e. The number of carbonyl (C=O) groups is 2. The maximum absolute atomic E-state index is 9.25. The molecule has 0 unspecified atom stereocenters. The molecule has 0 bridgehead atoms. The van der Waals surface area contributed by atoms with Gasteiger partial charge in [0.25, 0.3) is 0 Å². The van der Waals surface area contributed by atoms with Crippen LogP contribution >= 0.6 is 0 Å². The summed E-state index contributed by atoms with van der Waals surface area (Å²) in [6.07, 6.45) is 4.68. The molecule has 5 heteroatoms. The number of carboxylic acids is 2. The van der Waals surface area contributed by atoms with E-state index in [1.807, 2.05) is 36.4 Å². The van der Waals surface area contributed by atoms with E-state index in [2.05, 4.69) is 26.3 Å². The number of nitriles is 1. The Balaban J connectivity index is -0.000000230. The average molecular weight is 301 g/mol. The molecule has 2 N–H and O–H groups in total. The van der Waals surface area contributed by atoms with Crippen molar-refractivity contribution >= 4 is 18.0 Å². The Hall–Kier alpha value is -3.39. The molecular weight excluding hydrogens is 282 g/mol. The van der Waals surface area contributed by atoms with Crippen molar-refractivity contribution in [3.8, 4) is 6.07 Å². The fraction of sp³-hybridized carbons (Fsp3) is 0. The van der Waals surface area contributed by atoms with E-state index in [0.29, 0.717) is 0 Å². The van der Waals surface area contributed by atoms with E-state index < -0.39 is 11.9 Å². The summed E-state index contributed by atoms with van der Waals surface area (Å²) in [5, 5.41) is 22.7. The minimum Gasteiger partial charge on any atom is -0.478 e. The summed E-state index contributed by atoms with van der Waals surface area (Å²) in [4.78, 5) is 18.5. The summed E-state index contributed by atoms with van der Waals surface area (Å²) in [6, 6.07) is 11.7. The van der Waals surface area contributed by atoms with E-state index in [1.54, 1.807) is 6.07 Å². The van der Waals surface area contributed by atoms with Crippen LogP contribution in [0.1, 0.15) is 5.56 Å². The molecule has 0 aliphatic heterocycles. The fourth-order valence-corrected chi connectivity index (χ4v) is 0.589. The maximum atomic E-state index is 9.25. The second kappa shape index (κ2) is 19.9. The van der Waals surface area contributed by atoms with Crippen LogP contribution in [-0.2, 0) is 9.59 Å². The Morgan fingerprint density at radius 1 is 0.955 bits per heavy atom. The number of hydrogen-bond acceptors (Lipinski definition) is 3. The van der Waals surface area contributed by atoms with Crippen molar-refractivity contribution in [2.24, 2.45) is 0 Å². The highest BCUT2D eigenvalue weighted by Crippen LogP contribution is 1.97. The van der Waals surface area contributed by atoms with Gasteiger partial charge in [0.15, 0.2) is 0 Å². The molecule has 0 atom stereocenters. The molecule has 0 fully saturated rings. The number of hydrogen-bond donors (Lipinski definition) is 2. The largest absolute Gasteiger partial charge is 0.478 e. The van der Waals surface area contributed by atoms with Crippen LogP contribution in [0.15, 0.2) is 74.9 Å². The lowest BCUT2D eigenvalue weighted by atomic mass is 10.2. The minimum atomic E-state index is -0.981. The highest BCUT2D eigenvalue weighted by atomic mass is 16.4. The molecule has 0 radical (unpaired) electrons. The Morgan fingerprint density at radius 2 is 1.27 bits per heavy atom. The molecule has 0 spiro atoms. The molecule has 116 valence electrons. The van der Waals surface area contributed by atoms with Gasteiger partial charge in [0.2, 0.25) is 0 Å². The average Bonchev–Trinajstić information content (AvgIpc) is 2.56. The van der Waals surface area contributed by atoms with Crippen molar-refractivity contribution in [1.29, 1.82) is 5.26 Å². The summed E-state index contributed by atoms with van der Waals surface area (Å²) < 4.78 is 0. The molecule has 22 heavy (non-hydrogen) atoms. The Labute approximate surface area is 130 Å². The second-order valence-electron chi connectivity index (χ2n) is 3.03. The van der Waals surface area contributed by atoms with Crippen molar-refractivity contribution in [3.63, 3.8) is 0 Å². The van der Waals surface area contributed by atoms with E-state index in [1.165, 1.54) is 11.6 Å². The summed E-state index contributed by atoms with van der Waals surface area (Å²) in [7, 11) is 0. The van der Waals surface area contributed by atoms with Gasteiger partial charge in [0.05, 0.1) is 6.07 Å². The fourth-order valence-electron chi connectivity index (χ4n) is 0.589. The van der Waals surface area contributed by atoms with Gasteiger partial charge in [-0.05, 0) is 5.56 Å². The summed E-state index contributed by atoms with van der Waals surface area (Å²) in [5.74, 6) is -1.96. The van der Waals surface area contributed by atoms with Crippen LogP contribution in [0.2, 0.25) is 0 Å². The highest BCUT2D eigenvalue weighted by Gasteiger charge is 1.76. The number of rotatable bonds is 3. The van der Waals surface area contributed by atoms with Crippen molar-refractivity contribution in [2.75, 3.05) is 0 Å². The summed E-state index contributed by atoms with van der Waals surface area (Å²) >= 11 is 0. The van der Waals surface area contributed by atoms with Crippen molar-refractivity contribution in [1.82, 2.24) is 0 Å². The first-order valence-corrected chi connectivity index (χ1v) is 5.78. The first kappa shape index (κ1) is 23.7. The third kappa shape index (κ3) is 30.0. The number of aliphatic carboxylic acids is 2. The molecule has 0 saturated carbocycles. The van der Waals surface area contributed by atoms with Gasteiger partial charge in [0.1, 0.15) is 0 Å². The molecule has 1 aromatic rings. The molecule has 0 amide bonds. The van der Waals surface area contributed by atoms with Crippen molar-refractivity contribution in [3.05, 3.63) is 80.4 Å². The van der Waals surface area contributed by atoms with Crippen LogP contribution in [0, 0.1) is 11.3 Å². The first-order chi connectivity index (χ1) is 10.4. The minimum absolute atomic E-state index is 0.833. The zero-order chi connectivity index (χ0) is 17.8. The molecule has 0 heterocycles. The van der Waals surface area contributed by atoms with Crippen LogP contribution in [0.4, 0.5) is 0 Å². The molecule has 0 aromatic heterocycles. The SMILES string of the molecule is C=CC#N.C=CC(=O)O.C=CC(=O)O.C=Cc1ccccc1. The van der Waals surface area contributed by atoms with Crippen molar-refractivity contribution in [2.45, 2.75) is 0 Å². The molecule has 1 aromatic carbocycles. The Bertz CT molecular complexity index is 495. The molecule has 5 nitrogen and oxygen atoms in total. The van der Waals surface area contributed by atoms with Crippen LogP contribution in [0.3, 0.4) is 0 Å². The van der Waals surface area contributed by atoms with E-state index in [9.17, 15) is 9.59 Å². The van der Waals surface area contributed by atoms with Crippen LogP contribution in [0.25, 0.3) is 6.08 Å². The third-order valence-corrected chi connectivity index (χ3v) is 1.48. The second-order valence-corrected chi connectivity index (χ2v) is 3.03. The lowest BCUT2D eigenvalue weighted by Gasteiger charge is -1.85. The summed E-state index contributed by atoms with van der Waals surface area (Å²) in [6.45, 7) is 12.7. The van der Waals surface area contributed by atoms with Gasteiger partial charge in [-0.1, -0.05) is 62.7 Å².